The SMILES string of the molecule is O=C(/C=C/c1cnc[nH]1)Nc1nnc(C2(C(F)(F)F)CC2)s1. The van der Waals surface area contributed by atoms with E-state index in [9.17, 15) is 18.0 Å². The quantitative estimate of drug-likeness (QED) is 0.844. The Labute approximate surface area is 126 Å². The summed E-state index contributed by atoms with van der Waals surface area (Å²) in [5.41, 5.74) is -1.25. The van der Waals surface area contributed by atoms with E-state index in [2.05, 4.69) is 25.5 Å². The van der Waals surface area contributed by atoms with Gasteiger partial charge in [0.2, 0.25) is 11.0 Å². The van der Waals surface area contributed by atoms with Crippen molar-refractivity contribution in [3.63, 3.8) is 0 Å². The van der Waals surface area contributed by atoms with Gasteiger partial charge < -0.3 is 4.98 Å². The number of anilines is 1. The van der Waals surface area contributed by atoms with Crippen molar-refractivity contribution in [1.29, 1.82) is 0 Å². The van der Waals surface area contributed by atoms with E-state index >= 15 is 0 Å². The number of H-pyrrole nitrogens is 1. The van der Waals surface area contributed by atoms with E-state index in [-0.39, 0.29) is 23.0 Å². The average Bonchev–Trinajstić information content (AvgIpc) is 2.91. The number of halogens is 3. The van der Waals surface area contributed by atoms with Crippen LogP contribution < -0.4 is 5.32 Å². The molecule has 0 bridgehead atoms. The first-order valence-corrected chi connectivity index (χ1v) is 7.10. The highest BCUT2D eigenvalue weighted by Crippen LogP contribution is 2.59. The molecule has 0 radical (unpaired) electrons. The Kier molecular flexibility index (Phi) is 3.47. The molecule has 22 heavy (non-hydrogen) atoms. The molecular formula is C12H10F3N5OS. The lowest BCUT2D eigenvalue weighted by molar-refractivity contribution is -0.160. The minimum Gasteiger partial charge on any atom is -0.345 e. The second-order valence-corrected chi connectivity index (χ2v) is 5.80. The summed E-state index contributed by atoms with van der Waals surface area (Å²) in [6.45, 7) is 0. The Morgan fingerprint density at radius 2 is 2.18 bits per heavy atom. The van der Waals surface area contributed by atoms with E-state index in [0.29, 0.717) is 5.69 Å². The maximum absolute atomic E-state index is 13.0. The molecule has 0 spiro atoms. The number of alkyl halides is 3. The third-order valence-electron chi connectivity index (χ3n) is 3.29. The number of hydrogen-bond acceptors (Lipinski definition) is 5. The summed E-state index contributed by atoms with van der Waals surface area (Å²) >= 11 is 0.753. The summed E-state index contributed by atoms with van der Waals surface area (Å²) in [4.78, 5) is 18.2. The van der Waals surface area contributed by atoms with Crippen LogP contribution in [0.25, 0.3) is 6.08 Å². The number of amides is 1. The minimum atomic E-state index is -4.34. The van der Waals surface area contributed by atoms with Gasteiger partial charge >= 0.3 is 6.18 Å². The maximum atomic E-state index is 13.0. The van der Waals surface area contributed by atoms with Crippen molar-refractivity contribution in [2.45, 2.75) is 24.4 Å². The number of nitrogens with one attached hydrogen (secondary N) is 2. The van der Waals surface area contributed by atoms with Crippen LogP contribution in [0.15, 0.2) is 18.6 Å². The fourth-order valence-electron chi connectivity index (χ4n) is 1.88. The topological polar surface area (TPSA) is 83.6 Å². The predicted molar refractivity (Wildman–Crippen MR) is 73.1 cm³/mol. The lowest BCUT2D eigenvalue weighted by Gasteiger charge is -2.15. The van der Waals surface area contributed by atoms with Crippen LogP contribution in [0.5, 0.6) is 0 Å². The molecule has 3 rings (SSSR count). The zero-order valence-electron chi connectivity index (χ0n) is 11.0. The van der Waals surface area contributed by atoms with Crippen LogP contribution in [0.4, 0.5) is 18.3 Å². The number of imidazole rings is 1. The number of rotatable bonds is 4. The Bertz CT molecular complexity index is 703. The largest absolute Gasteiger partial charge is 0.400 e. The molecule has 6 nitrogen and oxygen atoms in total. The maximum Gasteiger partial charge on any atom is 0.400 e. The van der Waals surface area contributed by atoms with Crippen LogP contribution in [0.3, 0.4) is 0 Å². The Morgan fingerprint density at radius 3 is 2.77 bits per heavy atom. The van der Waals surface area contributed by atoms with Crippen molar-refractivity contribution in [3.05, 3.63) is 29.3 Å². The molecule has 2 aromatic rings. The van der Waals surface area contributed by atoms with Crippen LogP contribution in [0, 0.1) is 0 Å². The Hall–Kier alpha value is -2.23. The molecule has 2 heterocycles. The van der Waals surface area contributed by atoms with Crippen molar-refractivity contribution in [1.82, 2.24) is 20.2 Å². The number of aromatic nitrogens is 4. The van der Waals surface area contributed by atoms with Gasteiger partial charge in [-0.3, -0.25) is 10.1 Å². The Morgan fingerprint density at radius 1 is 1.41 bits per heavy atom. The summed E-state index contributed by atoms with van der Waals surface area (Å²) in [5, 5.41) is 9.51. The van der Waals surface area contributed by atoms with Gasteiger partial charge in [-0.15, -0.1) is 10.2 Å². The average molecular weight is 329 g/mol. The highest BCUT2D eigenvalue weighted by molar-refractivity contribution is 7.15. The monoisotopic (exact) mass is 329 g/mol. The van der Waals surface area contributed by atoms with Crippen molar-refractivity contribution >= 4 is 28.5 Å². The summed E-state index contributed by atoms with van der Waals surface area (Å²) in [7, 11) is 0. The third kappa shape index (κ3) is 2.73. The molecule has 2 aromatic heterocycles. The number of aromatic amines is 1. The van der Waals surface area contributed by atoms with E-state index < -0.39 is 17.5 Å². The first-order chi connectivity index (χ1) is 10.4. The van der Waals surface area contributed by atoms with Gasteiger partial charge in [0.05, 0.1) is 18.2 Å². The number of nitrogens with zero attached hydrogens (tertiary/aromatic N) is 3. The highest BCUT2D eigenvalue weighted by Gasteiger charge is 2.66. The van der Waals surface area contributed by atoms with Crippen molar-refractivity contribution in [3.8, 4) is 0 Å². The standard InChI is InChI=1S/C12H10F3N5OS/c13-12(14,15)11(3-4-11)9-19-20-10(22-9)18-8(21)2-1-7-5-16-6-17-7/h1-2,5-6H,3-4H2,(H,16,17)(H,18,20,21)/b2-1+. The number of carbonyl (C=O) groups excluding carboxylic acids is 1. The second-order valence-electron chi connectivity index (χ2n) is 4.82. The molecule has 0 aromatic carbocycles. The van der Waals surface area contributed by atoms with Crippen molar-refractivity contribution in [2.24, 2.45) is 0 Å². The molecule has 1 aliphatic carbocycles. The third-order valence-corrected chi connectivity index (χ3v) is 4.33. The molecule has 1 amide bonds. The van der Waals surface area contributed by atoms with Crippen LogP contribution in [-0.4, -0.2) is 32.2 Å². The summed E-state index contributed by atoms with van der Waals surface area (Å²) in [5.74, 6) is -0.505. The zero-order valence-corrected chi connectivity index (χ0v) is 11.8. The molecule has 2 N–H and O–H groups in total. The van der Waals surface area contributed by atoms with E-state index in [4.69, 9.17) is 0 Å². The smallest absolute Gasteiger partial charge is 0.345 e. The number of carbonyl (C=O) groups is 1. The van der Waals surface area contributed by atoms with Crippen molar-refractivity contribution in [2.75, 3.05) is 5.32 Å². The van der Waals surface area contributed by atoms with Crippen LogP contribution in [0.1, 0.15) is 23.5 Å². The summed E-state index contributed by atoms with van der Waals surface area (Å²) in [6.07, 6.45) is 1.38. The number of hydrogen-bond donors (Lipinski definition) is 2. The molecule has 116 valence electrons. The molecule has 1 saturated carbocycles. The van der Waals surface area contributed by atoms with Gasteiger partial charge in [-0.2, -0.15) is 13.2 Å². The Balaban J connectivity index is 1.66. The van der Waals surface area contributed by atoms with E-state index in [0.717, 1.165) is 11.3 Å². The van der Waals surface area contributed by atoms with Gasteiger partial charge in [-0.05, 0) is 18.9 Å². The first-order valence-electron chi connectivity index (χ1n) is 6.29. The van der Waals surface area contributed by atoms with Gasteiger partial charge in [0.25, 0.3) is 0 Å². The normalized spacial score (nSPS) is 16.9. The fraction of sp³-hybridized carbons (Fsp3) is 0.333. The van der Waals surface area contributed by atoms with E-state index in [1.165, 1.54) is 24.7 Å². The molecule has 0 saturated heterocycles. The predicted octanol–water partition coefficient (Wildman–Crippen LogP) is 2.51. The van der Waals surface area contributed by atoms with Gasteiger partial charge in [0.15, 0.2) is 0 Å². The van der Waals surface area contributed by atoms with E-state index in [1.54, 1.807) is 0 Å². The summed E-state index contributed by atoms with van der Waals surface area (Å²) < 4.78 is 38.9. The van der Waals surface area contributed by atoms with Gasteiger partial charge in [0.1, 0.15) is 10.4 Å². The van der Waals surface area contributed by atoms with Crippen LogP contribution in [0.2, 0.25) is 0 Å². The molecule has 0 aliphatic heterocycles. The summed E-state index contributed by atoms with van der Waals surface area (Å²) in [6, 6.07) is 0. The molecule has 10 heteroatoms. The van der Waals surface area contributed by atoms with Crippen LogP contribution >= 0.6 is 11.3 Å². The molecule has 1 fully saturated rings. The van der Waals surface area contributed by atoms with E-state index in [1.807, 2.05) is 0 Å². The minimum absolute atomic E-state index is 0.0127. The van der Waals surface area contributed by atoms with Gasteiger partial charge in [-0.1, -0.05) is 11.3 Å². The second kappa shape index (κ2) is 5.20. The lowest BCUT2D eigenvalue weighted by Crippen LogP contribution is -2.28. The van der Waals surface area contributed by atoms with Crippen molar-refractivity contribution < 1.29 is 18.0 Å². The highest BCUT2D eigenvalue weighted by atomic mass is 32.1. The molecule has 1 aliphatic rings. The van der Waals surface area contributed by atoms with Gasteiger partial charge in [0, 0.05) is 6.08 Å². The van der Waals surface area contributed by atoms with Crippen LogP contribution in [-0.2, 0) is 10.2 Å². The lowest BCUT2D eigenvalue weighted by atomic mass is 10.1. The molecular weight excluding hydrogens is 319 g/mol. The molecule has 0 unspecified atom stereocenters. The van der Waals surface area contributed by atoms with Gasteiger partial charge in [-0.25, -0.2) is 4.98 Å². The zero-order chi connectivity index (χ0) is 15.8. The first kappa shape index (κ1) is 14.7. The fourth-order valence-corrected chi connectivity index (χ4v) is 2.89. The molecule has 0 atom stereocenters.